The summed E-state index contributed by atoms with van der Waals surface area (Å²) in [5.41, 5.74) is 0.846. The summed E-state index contributed by atoms with van der Waals surface area (Å²) in [5.74, 6) is 1.41. The molecule has 1 heterocycles. The first-order valence-electron chi connectivity index (χ1n) is 7.07. The summed E-state index contributed by atoms with van der Waals surface area (Å²) in [4.78, 5) is 4.44. The summed E-state index contributed by atoms with van der Waals surface area (Å²) < 4.78 is 18.4. The third kappa shape index (κ3) is 5.30. The molecule has 0 unspecified atom stereocenters. The molecule has 5 heteroatoms. The minimum absolute atomic E-state index is 0.238. The Morgan fingerprint density at radius 3 is 2.86 bits per heavy atom. The number of benzene rings is 1. The summed E-state index contributed by atoms with van der Waals surface area (Å²) in [6, 6.07) is 10.3. The van der Waals surface area contributed by atoms with E-state index in [0.717, 1.165) is 30.8 Å². The molecule has 0 aliphatic heterocycles. The summed E-state index contributed by atoms with van der Waals surface area (Å²) in [6.07, 6.45) is 2.45. The number of rotatable bonds is 6. The molecule has 2 aromatic rings. The molecule has 0 amide bonds. The molecule has 0 bridgehead atoms. The molecule has 0 aliphatic carbocycles. The van der Waals surface area contributed by atoms with Gasteiger partial charge in [0, 0.05) is 19.5 Å². The van der Waals surface area contributed by atoms with Crippen molar-refractivity contribution in [1.29, 1.82) is 0 Å². The van der Waals surface area contributed by atoms with Gasteiger partial charge in [0.2, 0.25) is 0 Å². The van der Waals surface area contributed by atoms with Crippen LogP contribution >= 0.6 is 0 Å². The van der Waals surface area contributed by atoms with Crippen molar-refractivity contribution in [3.05, 3.63) is 59.8 Å². The first-order valence-corrected chi connectivity index (χ1v) is 7.07. The third-order valence-corrected chi connectivity index (χ3v) is 2.90. The van der Waals surface area contributed by atoms with Crippen molar-refractivity contribution in [3.63, 3.8) is 0 Å². The molecule has 0 radical (unpaired) electrons. The van der Waals surface area contributed by atoms with Crippen LogP contribution in [0.15, 0.2) is 52.1 Å². The van der Waals surface area contributed by atoms with Gasteiger partial charge in [-0.05, 0) is 36.8 Å². The number of nitrogens with zero attached hydrogens (tertiary/aromatic N) is 1. The van der Waals surface area contributed by atoms with Crippen molar-refractivity contribution in [1.82, 2.24) is 10.6 Å². The van der Waals surface area contributed by atoms with Crippen LogP contribution < -0.4 is 10.6 Å². The molecule has 112 valence electrons. The number of guanidine groups is 1. The Balaban J connectivity index is 1.86. The summed E-state index contributed by atoms with van der Waals surface area (Å²) in [7, 11) is 0. The van der Waals surface area contributed by atoms with E-state index in [1.807, 2.05) is 25.1 Å². The van der Waals surface area contributed by atoms with E-state index in [0.29, 0.717) is 12.5 Å². The number of aliphatic imine (C=N–C) groups is 1. The van der Waals surface area contributed by atoms with Crippen LogP contribution in [0.5, 0.6) is 0 Å². The van der Waals surface area contributed by atoms with Gasteiger partial charge in [-0.1, -0.05) is 12.1 Å². The predicted molar refractivity (Wildman–Crippen MR) is 81.6 cm³/mol. The maximum Gasteiger partial charge on any atom is 0.191 e. The van der Waals surface area contributed by atoms with E-state index in [-0.39, 0.29) is 5.82 Å². The van der Waals surface area contributed by atoms with Gasteiger partial charge in [0.1, 0.15) is 11.6 Å². The van der Waals surface area contributed by atoms with Gasteiger partial charge >= 0.3 is 0 Å². The van der Waals surface area contributed by atoms with Crippen LogP contribution in [0.2, 0.25) is 0 Å². The molecule has 0 spiro atoms. The number of hydrogen-bond acceptors (Lipinski definition) is 2. The minimum atomic E-state index is -0.238. The van der Waals surface area contributed by atoms with Crippen LogP contribution in [0.3, 0.4) is 0 Å². The van der Waals surface area contributed by atoms with Crippen LogP contribution in [0.1, 0.15) is 18.2 Å². The highest BCUT2D eigenvalue weighted by atomic mass is 19.1. The molecule has 0 saturated carbocycles. The second-order valence-electron chi connectivity index (χ2n) is 4.58. The van der Waals surface area contributed by atoms with E-state index in [9.17, 15) is 4.39 Å². The van der Waals surface area contributed by atoms with Gasteiger partial charge < -0.3 is 15.1 Å². The van der Waals surface area contributed by atoms with Gasteiger partial charge in [0.25, 0.3) is 0 Å². The highest BCUT2D eigenvalue weighted by Gasteiger charge is 2.00. The van der Waals surface area contributed by atoms with Crippen LogP contribution in [0.4, 0.5) is 4.39 Å². The Kier molecular flexibility index (Phi) is 5.82. The Morgan fingerprint density at radius 1 is 1.24 bits per heavy atom. The van der Waals surface area contributed by atoms with E-state index < -0.39 is 0 Å². The molecule has 0 saturated heterocycles. The van der Waals surface area contributed by atoms with Crippen molar-refractivity contribution in [3.8, 4) is 0 Å². The predicted octanol–water partition coefficient (Wildman–Crippen LogP) is 2.72. The second-order valence-corrected chi connectivity index (χ2v) is 4.58. The average molecular weight is 289 g/mol. The van der Waals surface area contributed by atoms with Gasteiger partial charge in [0.15, 0.2) is 5.96 Å². The molecule has 1 aromatic heterocycles. The first kappa shape index (κ1) is 15.1. The zero-order valence-corrected chi connectivity index (χ0v) is 12.1. The topological polar surface area (TPSA) is 49.6 Å². The fourth-order valence-electron chi connectivity index (χ4n) is 1.91. The molecule has 2 rings (SSSR count). The zero-order valence-electron chi connectivity index (χ0n) is 12.1. The summed E-state index contributed by atoms with van der Waals surface area (Å²) in [5, 5.41) is 6.39. The fourth-order valence-corrected chi connectivity index (χ4v) is 1.91. The summed E-state index contributed by atoms with van der Waals surface area (Å²) in [6.45, 7) is 3.94. The first-order chi connectivity index (χ1) is 10.3. The number of furan rings is 1. The molecule has 0 fully saturated rings. The van der Waals surface area contributed by atoms with Gasteiger partial charge in [-0.2, -0.15) is 0 Å². The normalized spacial score (nSPS) is 11.4. The van der Waals surface area contributed by atoms with Crippen LogP contribution in [-0.4, -0.2) is 19.0 Å². The van der Waals surface area contributed by atoms with Crippen LogP contribution in [-0.2, 0) is 13.0 Å². The van der Waals surface area contributed by atoms with Crippen molar-refractivity contribution < 1.29 is 8.81 Å². The lowest BCUT2D eigenvalue weighted by atomic mass is 10.2. The fraction of sp³-hybridized carbons (Fsp3) is 0.312. The molecule has 21 heavy (non-hydrogen) atoms. The molecule has 2 N–H and O–H groups in total. The Bertz CT molecular complexity index is 567. The molecular formula is C16H20FN3O. The van der Waals surface area contributed by atoms with Gasteiger partial charge in [-0.15, -0.1) is 0 Å². The van der Waals surface area contributed by atoms with Gasteiger partial charge in [-0.25, -0.2) is 9.38 Å². The Morgan fingerprint density at radius 2 is 2.14 bits per heavy atom. The van der Waals surface area contributed by atoms with E-state index >= 15 is 0 Å². The number of hydrogen-bond donors (Lipinski definition) is 2. The number of halogens is 1. The summed E-state index contributed by atoms with van der Waals surface area (Å²) >= 11 is 0. The smallest absolute Gasteiger partial charge is 0.191 e. The van der Waals surface area contributed by atoms with E-state index in [4.69, 9.17) is 4.42 Å². The Labute approximate surface area is 124 Å². The standard InChI is InChI=1S/C16H20FN3O/c1-2-18-16(19-9-8-15-7-4-10-21-15)20-12-13-5-3-6-14(17)11-13/h3-7,10-11H,2,8-9,12H2,1H3,(H2,18,19,20). The quantitative estimate of drug-likeness (QED) is 0.635. The van der Waals surface area contributed by atoms with Crippen molar-refractivity contribution in [2.24, 2.45) is 4.99 Å². The van der Waals surface area contributed by atoms with Crippen LogP contribution in [0, 0.1) is 5.82 Å². The lowest BCUT2D eigenvalue weighted by Gasteiger charge is -2.10. The lowest BCUT2D eigenvalue weighted by molar-refractivity contribution is 0.507. The van der Waals surface area contributed by atoms with Crippen molar-refractivity contribution >= 4 is 5.96 Å². The molecule has 0 atom stereocenters. The minimum Gasteiger partial charge on any atom is -0.469 e. The largest absolute Gasteiger partial charge is 0.469 e. The zero-order chi connectivity index (χ0) is 14.9. The van der Waals surface area contributed by atoms with Crippen molar-refractivity contribution in [2.75, 3.05) is 13.1 Å². The number of nitrogens with one attached hydrogen (secondary N) is 2. The third-order valence-electron chi connectivity index (χ3n) is 2.90. The highest BCUT2D eigenvalue weighted by Crippen LogP contribution is 2.04. The van der Waals surface area contributed by atoms with Crippen LogP contribution in [0.25, 0.3) is 0 Å². The second kappa shape index (κ2) is 8.09. The van der Waals surface area contributed by atoms with Crippen molar-refractivity contribution in [2.45, 2.75) is 19.9 Å². The maximum atomic E-state index is 13.1. The Hall–Kier alpha value is -2.30. The SMILES string of the molecule is CCNC(=NCc1cccc(F)c1)NCCc1ccco1. The molecule has 1 aromatic carbocycles. The monoisotopic (exact) mass is 289 g/mol. The maximum absolute atomic E-state index is 13.1. The van der Waals surface area contributed by atoms with E-state index in [1.165, 1.54) is 12.1 Å². The highest BCUT2D eigenvalue weighted by molar-refractivity contribution is 5.79. The van der Waals surface area contributed by atoms with Gasteiger partial charge in [-0.3, -0.25) is 0 Å². The van der Waals surface area contributed by atoms with Gasteiger partial charge in [0.05, 0.1) is 12.8 Å². The molecule has 4 nitrogen and oxygen atoms in total. The van der Waals surface area contributed by atoms with E-state index in [2.05, 4.69) is 15.6 Å². The molecular weight excluding hydrogens is 269 g/mol. The lowest BCUT2D eigenvalue weighted by Crippen LogP contribution is -2.38. The van der Waals surface area contributed by atoms with E-state index in [1.54, 1.807) is 12.3 Å². The average Bonchev–Trinajstić information content (AvgIpc) is 2.98. The molecule has 0 aliphatic rings.